The van der Waals surface area contributed by atoms with E-state index < -0.39 is 41.7 Å². The summed E-state index contributed by atoms with van der Waals surface area (Å²) in [6.45, 7) is 0.383. The van der Waals surface area contributed by atoms with Crippen LogP contribution in [0.4, 0.5) is 5.69 Å². The number of rotatable bonds is 6. The summed E-state index contributed by atoms with van der Waals surface area (Å²) in [5, 5.41) is 11.0. The SMILES string of the molecule is Cc1ccc(C(=O)COC(=O)CN2C(=O)[C@@H]3[C@@H](C2=O)[C@H]2C=C[C@H]3C2)cc1[N+](=O)[O-]. The maximum atomic E-state index is 12.5. The quantitative estimate of drug-likeness (QED) is 0.177. The van der Waals surface area contributed by atoms with Gasteiger partial charge in [-0.25, -0.2) is 0 Å². The fraction of sp³-hybridized carbons (Fsp3) is 0.400. The van der Waals surface area contributed by atoms with Gasteiger partial charge in [0.25, 0.3) is 5.69 Å². The molecule has 3 aliphatic rings. The average molecular weight is 398 g/mol. The first kappa shape index (κ1) is 19.0. The number of likely N-dealkylation sites (tertiary alicyclic amines) is 1. The van der Waals surface area contributed by atoms with Gasteiger partial charge in [-0.3, -0.25) is 34.2 Å². The Morgan fingerprint density at radius 3 is 2.38 bits per heavy atom. The first-order valence-corrected chi connectivity index (χ1v) is 9.25. The van der Waals surface area contributed by atoms with Crippen molar-refractivity contribution in [3.8, 4) is 0 Å². The van der Waals surface area contributed by atoms with Crippen molar-refractivity contribution in [2.75, 3.05) is 13.2 Å². The monoisotopic (exact) mass is 398 g/mol. The zero-order valence-corrected chi connectivity index (χ0v) is 15.6. The number of nitro groups is 1. The molecule has 9 nitrogen and oxygen atoms in total. The summed E-state index contributed by atoms with van der Waals surface area (Å²) in [5.41, 5.74) is 0.245. The van der Waals surface area contributed by atoms with Gasteiger partial charge in [-0.15, -0.1) is 0 Å². The van der Waals surface area contributed by atoms with Gasteiger partial charge in [0.2, 0.25) is 17.6 Å². The van der Waals surface area contributed by atoms with Gasteiger partial charge in [0, 0.05) is 17.2 Å². The number of amides is 2. The van der Waals surface area contributed by atoms with E-state index in [-0.39, 0.29) is 34.9 Å². The van der Waals surface area contributed by atoms with Gasteiger partial charge in [0.1, 0.15) is 6.54 Å². The van der Waals surface area contributed by atoms with Gasteiger partial charge < -0.3 is 4.74 Å². The number of nitrogens with zero attached hydrogens (tertiary/aromatic N) is 2. The maximum Gasteiger partial charge on any atom is 0.326 e. The highest BCUT2D eigenvalue weighted by Gasteiger charge is 2.59. The van der Waals surface area contributed by atoms with Crippen molar-refractivity contribution in [1.29, 1.82) is 0 Å². The number of imide groups is 1. The molecule has 0 spiro atoms. The minimum atomic E-state index is -0.873. The molecule has 150 valence electrons. The molecule has 9 heteroatoms. The third kappa shape index (κ3) is 3.12. The van der Waals surface area contributed by atoms with Crippen LogP contribution in [0.25, 0.3) is 0 Å². The smallest absolute Gasteiger partial charge is 0.326 e. The second kappa shape index (κ2) is 6.91. The molecule has 1 aromatic carbocycles. The van der Waals surface area contributed by atoms with Crippen molar-refractivity contribution in [1.82, 2.24) is 4.90 Å². The number of hydrogen-bond acceptors (Lipinski definition) is 7. The van der Waals surface area contributed by atoms with Crippen molar-refractivity contribution in [2.45, 2.75) is 13.3 Å². The standard InChI is InChI=1S/C20H18N2O7/c1-10-2-3-11(7-14(10)22(27)28)15(23)9-29-16(24)8-21-19(25)17-12-4-5-13(6-12)18(17)20(21)26/h2-5,7,12-13,17-18H,6,8-9H2,1H3/t12-,13-,17-,18-/m0/s1. The number of allylic oxidation sites excluding steroid dienone is 2. The number of carbonyl (C=O) groups is 4. The zero-order chi connectivity index (χ0) is 20.9. The largest absolute Gasteiger partial charge is 0.456 e. The molecule has 1 saturated carbocycles. The predicted octanol–water partition coefficient (Wildman–Crippen LogP) is 1.44. The van der Waals surface area contributed by atoms with Gasteiger partial charge in [-0.05, 0) is 25.2 Å². The van der Waals surface area contributed by atoms with Crippen LogP contribution in [0.1, 0.15) is 22.3 Å². The molecule has 1 aromatic rings. The van der Waals surface area contributed by atoms with E-state index in [1.54, 1.807) is 6.92 Å². The molecule has 2 amide bonds. The van der Waals surface area contributed by atoms with E-state index in [0.29, 0.717) is 5.56 Å². The second-order valence-corrected chi connectivity index (χ2v) is 7.60. The summed E-state index contributed by atoms with van der Waals surface area (Å²) >= 11 is 0. The van der Waals surface area contributed by atoms with E-state index in [2.05, 4.69) is 0 Å². The molecular weight excluding hydrogens is 380 g/mol. The summed E-state index contributed by atoms with van der Waals surface area (Å²) < 4.78 is 4.92. The molecule has 4 atom stereocenters. The second-order valence-electron chi connectivity index (χ2n) is 7.60. The highest BCUT2D eigenvalue weighted by molar-refractivity contribution is 6.08. The molecule has 29 heavy (non-hydrogen) atoms. The number of benzene rings is 1. The number of nitro benzene ring substituents is 1. The Morgan fingerprint density at radius 2 is 1.79 bits per heavy atom. The van der Waals surface area contributed by atoms with Gasteiger partial charge in [0.15, 0.2) is 6.61 Å². The van der Waals surface area contributed by atoms with Crippen LogP contribution in [0.5, 0.6) is 0 Å². The van der Waals surface area contributed by atoms with E-state index in [9.17, 15) is 29.3 Å². The Hall–Kier alpha value is -3.36. The highest BCUT2D eigenvalue weighted by Crippen LogP contribution is 2.52. The summed E-state index contributed by atoms with van der Waals surface area (Å²) in [5.74, 6) is -2.94. The van der Waals surface area contributed by atoms with Crippen molar-refractivity contribution in [2.24, 2.45) is 23.7 Å². The molecule has 4 rings (SSSR count). The molecule has 0 N–H and O–H groups in total. The fourth-order valence-corrected chi connectivity index (χ4v) is 4.50. The highest BCUT2D eigenvalue weighted by atomic mass is 16.6. The first-order valence-electron chi connectivity index (χ1n) is 9.25. The lowest BCUT2D eigenvalue weighted by atomic mass is 9.85. The molecule has 2 aliphatic carbocycles. The number of ether oxygens (including phenoxy) is 1. The number of hydrogen-bond donors (Lipinski definition) is 0. The fourth-order valence-electron chi connectivity index (χ4n) is 4.50. The lowest BCUT2D eigenvalue weighted by molar-refractivity contribution is -0.385. The summed E-state index contributed by atoms with van der Waals surface area (Å²) in [6.07, 6.45) is 4.71. The van der Waals surface area contributed by atoms with E-state index in [4.69, 9.17) is 4.74 Å². The number of carbonyl (C=O) groups excluding carboxylic acids is 4. The Balaban J connectivity index is 1.36. The van der Waals surface area contributed by atoms with Gasteiger partial charge >= 0.3 is 5.97 Å². The summed E-state index contributed by atoms with van der Waals surface area (Å²) in [6, 6.07) is 3.98. The van der Waals surface area contributed by atoms with Crippen LogP contribution in [-0.4, -0.2) is 46.5 Å². The zero-order valence-electron chi connectivity index (χ0n) is 15.6. The van der Waals surface area contributed by atoms with Crippen LogP contribution >= 0.6 is 0 Å². The Labute approximate surface area is 165 Å². The normalized spacial score (nSPS) is 26.7. The van der Waals surface area contributed by atoms with Crippen molar-refractivity contribution in [3.05, 3.63) is 51.6 Å². The van der Waals surface area contributed by atoms with Gasteiger partial charge in [-0.2, -0.15) is 0 Å². The molecule has 1 aliphatic heterocycles. The maximum absolute atomic E-state index is 12.5. The van der Waals surface area contributed by atoms with Crippen molar-refractivity contribution in [3.63, 3.8) is 0 Å². The third-order valence-electron chi connectivity index (χ3n) is 5.94. The van der Waals surface area contributed by atoms with Gasteiger partial charge in [0.05, 0.1) is 16.8 Å². The number of aryl methyl sites for hydroxylation is 1. The summed E-state index contributed by atoms with van der Waals surface area (Å²) in [4.78, 5) is 60.7. The van der Waals surface area contributed by atoms with E-state index >= 15 is 0 Å². The number of esters is 1. The molecular formula is C20H18N2O7. The first-order chi connectivity index (χ1) is 13.8. The number of fused-ring (bicyclic) bond motifs is 5. The van der Waals surface area contributed by atoms with Gasteiger partial charge in [-0.1, -0.05) is 24.3 Å². The molecule has 0 radical (unpaired) electrons. The lowest BCUT2D eigenvalue weighted by Gasteiger charge is -2.16. The van der Waals surface area contributed by atoms with E-state index in [0.717, 1.165) is 17.4 Å². The number of Topliss-reactive ketones (excluding diaryl/α,β-unsaturated/α-hetero) is 1. The topological polar surface area (TPSA) is 124 Å². The summed E-state index contributed by atoms with van der Waals surface area (Å²) in [7, 11) is 0. The molecule has 0 unspecified atom stereocenters. The molecule has 1 saturated heterocycles. The van der Waals surface area contributed by atoms with Crippen molar-refractivity contribution >= 4 is 29.3 Å². The van der Waals surface area contributed by atoms with Crippen LogP contribution in [0, 0.1) is 40.7 Å². The van der Waals surface area contributed by atoms with Crippen molar-refractivity contribution < 1.29 is 28.8 Å². The number of ketones is 1. The Kier molecular flexibility index (Phi) is 4.52. The Bertz CT molecular complexity index is 953. The molecule has 2 fully saturated rings. The Morgan fingerprint density at radius 1 is 1.17 bits per heavy atom. The molecule has 2 bridgehead atoms. The molecule has 1 heterocycles. The van der Waals surface area contributed by atoms with Crippen LogP contribution in [0.2, 0.25) is 0 Å². The van der Waals surface area contributed by atoms with E-state index in [1.807, 2.05) is 12.2 Å². The minimum Gasteiger partial charge on any atom is -0.456 e. The van der Waals surface area contributed by atoms with Crippen LogP contribution < -0.4 is 0 Å². The predicted molar refractivity (Wildman–Crippen MR) is 97.6 cm³/mol. The third-order valence-corrected chi connectivity index (χ3v) is 5.94. The average Bonchev–Trinajstić information content (AvgIpc) is 3.36. The van der Waals surface area contributed by atoms with Crippen LogP contribution in [-0.2, 0) is 19.1 Å². The van der Waals surface area contributed by atoms with Crippen LogP contribution in [0.3, 0.4) is 0 Å². The molecule has 0 aromatic heterocycles. The van der Waals surface area contributed by atoms with E-state index in [1.165, 1.54) is 12.1 Å². The minimum absolute atomic E-state index is 0.0422. The lowest BCUT2D eigenvalue weighted by Crippen LogP contribution is -2.38. The van der Waals surface area contributed by atoms with Crippen LogP contribution in [0.15, 0.2) is 30.4 Å².